The van der Waals surface area contributed by atoms with Gasteiger partial charge in [-0.15, -0.1) is 0 Å². The lowest BCUT2D eigenvalue weighted by Crippen LogP contribution is -2.31. The van der Waals surface area contributed by atoms with Crippen LogP contribution in [0.15, 0.2) is 18.5 Å². The first kappa shape index (κ1) is 15.4. The Hall–Kier alpha value is -1.64. The molecule has 0 unspecified atom stereocenters. The lowest BCUT2D eigenvalue weighted by Gasteiger charge is -2.25. The third-order valence-electron chi connectivity index (χ3n) is 2.68. The second-order valence-electron chi connectivity index (χ2n) is 3.89. The summed E-state index contributed by atoms with van der Waals surface area (Å²) in [5.74, 6) is 0. The lowest BCUT2D eigenvalue weighted by molar-refractivity contribution is 0.141. The molecule has 0 aliphatic rings. The van der Waals surface area contributed by atoms with Gasteiger partial charge in [0.1, 0.15) is 6.07 Å². The number of aromatic nitrogens is 1. The van der Waals surface area contributed by atoms with Crippen molar-refractivity contribution in [3.8, 4) is 6.07 Å². The topological polar surface area (TPSA) is 58.4 Å². The average molecular weight is 263 g/mol. The van der Waals surface area contributed by atoms with Crippen molar-refractivity contribution in [2.75, 3.05) is 44.4 Å². The van der Waals surface area contributed by atoms with Crippen molar-refractivity contribution in [3.63, 3.8) is 0 Å². The monoisotopic (exact) mass is 263 g/mol. The molecule has 0 spiro atoms. The van der Waals surface area contributed by atoms with Gasteiger partial charge in [0.25, 0.3) is 0 Å². The molecule has 19 heavy (non-hydrogen) atoms. The summed E-state index contributed by atoms with van der Waals surface area (Å²) >= 11 is 0. The Morgan fingerprint density at radius 2 is 1.84 bits per heavy atom. The van der Waals surface area contributed by atoms with Gasteiger partial charge in [-0.3, -0.25) is 4.98 Å². The zero-order chi connectivity index (χ0) is 13.9. The number of hydrogen-bond donors (Lipinski definition) is 0. The van der Waals surface area contributed by atoms with Gasteiger partial charge in [0.2, 0.25) is 0 Å². The first-order valence-electron chi connectivity index (χ1n) is 6.58. The minimum atomic E-state index is 0.627. The maximum Gasteiger partial charge on any atom is 0.101 e. The molecule has 0 atom stereocenters. The van der Waals surface area contributed by atoms with Crippen LogP contribution in [0, 0.1) is 11.3 Å². The molecule has 1 aromatic heterocycles. The van der Waals surface area contributed by atoms with Gasteiger partial charge in [-0.05, 0) is 19.9 Å². The number of anilines is 1. The summed E-state index contributed by atoms with van der Waals surface area (Å²) in [7, 11) is 0. The van der Waals surface area contributed by atoms with Crippen LogP contribution >= 0.6 is 0 Å². The average Bonchev–Trinajstić information content (AvgIpc) is 2.46. The highest BCUT2D eigenvalue weighted by Gasteiger charge is 2.11. The van der Waals surface area contributed by atoms with Crippen molar-refractivity contribution >= 4 is 5.69 Å². The Balaban J connectivity index is 2.73. The van der Waals surface area contributed by atoms with E-state index in [0.29, 0.717) is 32.0 Å². The minimum Gasteiger partial charge on any atom is -0.380 e. The molecule has 0 radical (unpaired) electrons. The molecular weight excluding hydrogens is 242 g/mol. The minimum absolute atomic E-state index is 0.627. The maximum atomic E-state index is 9.14. The molecule has 0 N–H and O–H groups in total. The summed E-state index contributed by atoms with van der Waals surface area (Å²) in [6, 6.07) is 3.92. The highest BCUT2D eigenvalue weighted by molar-refractivity contribution is 5.57. The predicted octanol–water partition coefficient (Wildman–Crippen LogP) is 1.83. The first-order chi connectivity index (χ1) is 9.33. The molecular formula is C14H21N3O2. The van der Waals surface area contributed by atoms with E-state index in [1.165, 1.54) is 0 Å². The van der Waals surface area contributed by atoms with E-state index in [1.54, 1.807) is 18.5 Å². The molecule has 5 heteroatoms. The van der Waals surface area contributed by atoms with Gasteiger partial charge in [-0.25, -0.2) is 0 Å². The highest BCUT2D eigenvalue weighted by atomic mass is 16.5. The summed E-state index contributed by atoms with van der Waals surface area (Å²) in [4.78, 5) is 6.18. The molecule has 0 bridgehead atoms. The van der Waals surface area contributed by atoms with E-state index in [-0.39, 0.29) is 0 Å². The summed E-state index contributed by atoms with van der Waals surface area (Å²) in [6.45, 7) is 8.02. The Labute approximate surface area is 114 Å². The van der Waals surface area contributed by atoms with Gasteiger partial charge < -0.3 is 14.4 Å². The van der Waals surface area contributed by atoms with Crippen LogP contribution in [-0.2, 0) is 9.47 Å². The Morgan fingerprint density at radius 1 is 1.21 bits per heavy atom. The van der Waals surface area contributed by atoms with Crippen LogP contribution < -0.4 is 4.90 Å². The molecule has 5 nitrogen and oxygen atoms in total. The molecule has 0 fully saturated rings. The van der Waals surface area contributed by atoms with Crippen LogP contribution in [-0.4, -0.2) is 44.5 Å². The van der Waals surface area contributed by atoms with Gasteiger partial charge >= 0.3 is 0 Å². The highest BCUT2D eigenvalue weighted by Crippen LogP contribution is 2.17. The van der Waals surface area contributed by atoms with Crippen molar-refractivity contribution in [1.82, 2.24) is 4.98 Å². The zero-order valence-electron chi connectivity index (χ0n) is 11.6. The second-order valence-corrected chi connectivity index (χ2v) is 3.89. The fourth-order valence-electron chi connectivity index (χ4n) is 1.72. The quantitative estimate of drug-likeness (QED) is 0.636. The fraction of sp³-hybridized carbons (Fsp3) is 0.571. The number of ether oxygens (including phenoxy) is 2. The summed E-state index contributed by atoms with van der Waals surface area (Å²) < 4.78 is 10.8. The fourth-order valence-corrected chi connectivity index (χ4v) is 1.72. The maximum absolute atomic E-state index is 9.14. The normalized spacial score (nSPS) is 10.2. The van der Waals surface area contributed by atoms with Crippen molar-refractivity contribution in [3.05, 3.63) is 24.0 Å². The van der Waals surface area contributed by atoms with Crippen LogP contribution in [0.25, 0.3) is 0 Å². The molecule has 1 rings (SSSR count). The smallest absolute Gasteiger partial charge is 0.101 e. The molecule has 0 aliphatic carbocycles. The van der Waals surface area contributed by atoms with Crippen LogP contribution in [0.3, 0.4) is 0 Å². The van der Waals surface area contributed by atoms with E-state index in [4.69, 9.17) is 14.7 Å². The molecule has 0 aliphatic heterocycles. The number of pyridine rings is 1. The van der Waals surface area contributed by atoms with Gasteiger partial charge in [-0.2, -0.15) is 5.26 Å². The second kappa shape index (κ2) is 9.31. The molecule has 0 aromatic carbocycles. The van der Waals surface area contributed by atoms with Crippen LogP contribution in [0.2, 0.25) is 0 Å². The number of nitriles is 1. The Kier molecular flexibility index (Phi) is 7.56. The molecule has 104 valence electrons. The van der Waals surface area contributed by atoms with Crippen molar-refractivity contribution < 1.29 is 9.47 Å². The Bertz CT molecular complexity index is 394. The SMILES string of the molecule is CCOCCN(CCOCC)c1cnccc1C#N. The zero-order valence-corrected chi connectivity index (χ0v) is 11.6. The Morgan fingerprint density at radius 3 is 2.37 bits per heavy atom. The standard InChI is InChI=1S/C14H21N3O2/c1-3-18-9-7-17(8-10-19-4-2)14-12-16-6-5-13(14)11-15/h5-6,12H,3-4,7-10H2,1-2H3. The summed E-state index contributed by atoms with van der Waals surface area (Å²) in [5, 5.41) is 9.14. The lowest BCUT2D eigenvalue weighted by atomic mass is 10.2. The van der Waals surface area contributed by atoms with Gasteiger partial charge in [0.15, 0.2) is 0 Å². The van der Waals surface area contributed by atoms with E-state index in [1.807, 2.05) is 13.8 Å². The van der Waals surface area contributed by atoms with E-state index in [9.17, 15) is 0 Å². The van der Waals surface area contributed by atoms with Crippen molar-refractivity contribution in [2.45, 2.75) is 13.8 Å². The van der Waals surface area contributed by atoms with E-state index >= 15 is 0 Å². The third kappa shape index (κ3) is 5.25. The number of hydrogen-bond acceptors (Lipinski definition) is 5. The van der Waals surface area contributed by atoms with E-state index in [2.05, 4.69) is 16.0 Å². The molecule has 0 saturated heterocycles. The van der Waals surface area contributed by atoms with Crippen LogP contribution in [0.4, 0.5) is 5.69 Å². The van der Waals surface area contributed by atoms with Crippen LogP contribution in [0.5, 0.6) is 0 Å². The van der Waals surface area contributed by atoms with E-state index in [0.717, 1.165) is 18.8 Å². The first-order valence-corrected chi connectivity index (χ1v) is 6.58. The van der Waals surface area contributed by atoms with Crippen molar-refractivity contribution in [2.24, 2.45) is 0 Å². The van der Waals surface area contributed by atoms with Crippen LogP contribution in [0.1, 0.15) is 19.4 Å². The van der Waals surface area contributed by atoms with Crippen molar-refractivity contribution in [1.29, 1.82) is 5.26 Å². The number of nitrogens with zero attached hydrogens (tertiary/aromatic N) is 3. The van der Waals surface area contributed by atoms with Gasteiger partial charge in [0, 0.05) is 32.5 Å². The van der Waals surface area contributed by atoms with Gasteiger partial charge in [-0.1, -0.05) is 0 Å². The molecule has 1 heterocycles. The molecule has 0 amide bonds. The summed E-state index contributed by atoms with van der Waals surface area (Å²) in [5.41, 5.74) is 1.47. The third-order valence-corrected chi connectivity index (χ3v) is 2.68. The van der Waals surface area contributed by atoms with E-state index < -0.39 is 0 Å². The number of rotatable bonds is 9. The molecule has 1 aromatic rings. The summed E-state index contributed by atoms with van der Waals surface area (Å²) in [6.07, 6.45) is 3.35. The molecule has 0 saturated carbocycles. The predicted molar refractivity (Wildman–Crippen MR) is 74.2 cm³/mol. The largest absolute Gasteiger partial charge is 0.380 e. The van der Waals surface area contributed by atoms with Gasteiger partial charge in [0.05, 0.1) is 30.7 Å².